The van der Waals surface area contributed by atoms with Crippen LogP contribution in [0.25, 0.3) is 22.4 Å². The van der Waals surface area contributed by atoms with E-state index in [0.717, 1.165) is 67.0 Å². The van der Waals surface area contributed by atoms with Crippen LogP contribution in [-0.2, 0) is 9.53 Å². The summed E-state index contributed by atoms with van der Waals surface area (Å²) in [6.45, 7) is 2.07. The molecule has 0 unspecified atom stereocenters. The number of carboxylic acid groups (broad SMARTS) is 1. The van der Waals surface area contributed by atoms with Crippen molar-refractivity contribution in [3.63, 3.8) is 0 Å². The van der Waals surface area contributed by atoms with E-state index in [1.54, 1.807) is 0 Å². The van der Waals surface area contributed by atoms with Gasteiger partial charge in [0, 0.05) is 24.8 Å². The number of rotatable bonds is 6. The monoisotopic (exact) mass is 392 g/mol. The Hall–Kier alpha value is -2.93. The summed E-state index contributed by atoms with van der Waals surface area (Å²) in [5.41, 5.74) is 2.33. The van der Waals surface area contributed by atoms with Crippen LogP contribution in [0.15, 0.2) is 42.6 Å². The van der Waals surface area contributed by atoms with E-state index in [-0.39, 0.29) is 6.10 Å². The first-order chi connectivity index (χ1) is 14.1. The van der Waals surface area contributed by atoms with Crippen LogP contribution in [0.2, 0.25) is 0 Å². The van der Waals surface area contributed by atoms with Crippen LogP contribution in [-0.4, -0.2) is 51.8 Å². The molecule has 7 nitrogen and oxygen atoms in total. The van der Waals surface area contributed by atoms with E-state index in [1.807, 2.05) is 42.6 Å². The van der Waals surface area contributed by atoms with Gasteiger partial charge in [-0.25, -0.2) is 9.97 Å². The third kappa shape index (κ3) is 3.58. The number of aliphatic carboxylic acids is 1. The molecule has 3 aromatic rings. The molecule has 2 aliphatic rings. The normalized spacial score (nSPS) is 18.8. The second-order valence-corrected chi connectivity index (χ2v) is 8.09. The average molecular weight is 392 g/mol. The van der Waals surface area contributed by atoms with Gasteiger partial charge in [-0.05, 0) is 49.9 Å². The number of para-hydroxylation sites is 2. The molecule has 2 N–H and O–H groups in total. The Kier molecular flexibility index (Phi) is 4.47. The van der Waals surface area contributed by atoms with Gasteiger partial charge in [0.05, 0.1) is 29.2 Å². The molecule has 1 saturated heterocycles. The fourth-order valence-corrected chi connectivity index (χ4v) is 3.90. The number of anilines is 1. The van der Waals surface area contributed by atoms with Crippen molar-refractivity contribution in [2.45, 2.75) is 31.8 Å². The summed E-state index contributed by atoms with van der Waals surface area (Å²) in [4.78, 5) is 26.1. The molecule has 0 amide bonds. The number of ether oxygens (including phenoxy) is 1. The highest BCUT2D eigenvalue weighted by molar-refractivity contribution is 5.79. The zero-order valence-corrected chi connectivity index (χ0v) is 16.2. The van der Waals surface area contributed by atoms with Crippen LogP contribution in [0.1, 0.15) is 25.7 Å². The van der Waals surface area contributed by atoms with Crippen LogP contribution < -0.4 is 4.90 Å². The SMILES string of the molecule is O=C(O)C1(COC2CCN(c3ccc(-c4nc5ccccc5[nH]4)cn3)CC2)CC1. The van der Waals surface area contributed by atoms with E-state index >= 15 is 0 Å². The van der Waals surface area contributed by atoms with E-state index in [1.165, 1.54) is 0 Å². The highest BCUT2D eigenvalue weighted by atomic mass is 16.5. The summed E-state index contributed by atoms with van der Waals surface area (Å²) in [5, 5.41) is 9.27. The van der Waals surface area contributed by atoms with Gasteiger partial charge in [0.1, 0.15) is 11.6 Å². The number of hydrogen-bond donors (Lipinski definition) is 2. The lowest BCUT2D eigenvalue weighted by atomic mass is 10.1. The predicted octanol–water partition coefficient (Wildman–Crippen LogP) is 3.48. The number of aromatic nitrogens is 3. The van der Waals surface area contributed by atoms with Crippen LogP contribution in [0.4, 0.5) is 5.82 Å². The number of pyridine rings is 1. The standard InChI is InChI=1S/C22H24N4O3/c27-21(28)22(9-10-22)14-29-16-7-11-26(12-8-16)19-6-5-15(13-23-19)20-24-17-3-1-2-4-18(17)25-20/h1-6,13,16H,7-12,14H2,(H,24,25)(H,27,28). The summed E-state index contributed by atoms with van der Waals surface area (Å²) in [6, 6.07) is 12.1. The smallest absolute Gasteiger partial charge is 0.311 e. The number of nitrogens with zero attached hydrogens (tertiary/aromatic N) is 3. The zero-order valence-electron chi connectivity index (χ0n) is 16.2. The van der Waals surface area contributed by atoms with Crippen LogP contribution in [0, 0.1) is 5.41 Å². The maximum Gasteiger partial charge on any atom is 0.311 e. The van der Waals surface area contributed by atoms with E-state index < -0.39 is 11.4 Å². The minimum atomic E-state index is -0.719. The third-order valence-corrected chi connectivity index (χ3v) is 6.08. The third-order valence-electron chi connectivity index (χ3n) is 6.08. The van der Waals surface area contributed by atoms with Crippen molar-refractivity contribution in [3.8, 4) is 11.4 Å². The van der Waals surface area contributed by atoms with E-state index in [2.05, 4.69) is 19.9 Å². The molecule has 0 bridgehead atoms. The summed E-state index contributed by atoms with van der Waals surface area (Å²) in [5.74, 6) is 1.06. The van der Waals surface area contributed by atoms with Gasteiger partial charge >= 0.3 is 5.97 Å². The van der Waals surface area contributed by atoms with Gasteiger partial charge in [0.25, 0.3) is 0 Å². The maximum absolute atomic E-state index is 11.3. The summed E-state index contributed by atoms with van der Waals surface area (Å²) in [6.07, 6.45) is 5.26. The molecule has 1 aliphatic heterocycles. The van der Waals surface area contributed by atoms with Gasteiger partial charge < -0.3 is 19.7 Å². The number of piperidine rings is 1. The fraction of sp³-hybridized carbons (Fsp3) is 0.409. The second-order valence-electron chi connectivity index (χ2n) is 8.09. The number of fused-ring (bicyclic) bond motifs is 1. The first-order valence-electron chi connectivity index (χ1n) is 10.1. The molecule has 2 aromatic heterocycles. The molecule has 0 radical (unpaired) electrons. The Bertz CT molecular complexity index is 985. The molecular formula is C22H24N4O3. The van der Waals surface area contributed by atoms with E-state index in [0.29, 0.717) is 6.61 Å². The lowest BCUT2D eigenvalue weighted by Gasteiger charge is -2.33. The van der Waals surface area contributed by atoms with E-state index in [9.17, 15) is 9.90 Å². The van der Waals surface area contributed by atoms with Gasteiger partial charge in [-0.2, -0.15) is 0 Å². The number of nitrogens with one attached hydrogen (secondary N) is 1. The van der Waals surface area contributed by atoms with Crippen molar-refractivity contribution in [2.24, 2.45) is 5.41 Å². The number of carbonyl (C=O) groups is 1. The number of carboxylic acids is 1. The lowest BCUT2D eigenvalue weighted by Crippen LogP contribution is -2.38. The minimum absolute atomic E-state index is 0.137. The van der Waals surface area contributed by atoms with Gasteiger partial charge in [-0.1, -0.05) is 12.1 Å². The van der Waals surface area contributed by atoms with Gasteiger partial charge in [-0.15, -0.1) is 0 Å². The lowest BCUT2D eigenvalue weighted by molar-refractivity contribution is -0.147. The molecule has 7 heteroatoms. The average Bonchev–Trinajstić information content (AvgIpc) is 3.44. The fourth-order valence-electron chi connectivity index (χ4n) is 3.90. The summed E-state index contributed by atoms with van der Waals surface area (Å²) < 4.78 is 5.92. The topological polar surface area (TPSA) is 91.3 Å². The largest absolute Gasteiger partial charge is 0.481 e. The quantitative estimate of drug-likeness (QED) is 0.667. The van der Waals surface area contributed by atoms with Gasteiger partial charge in [0.15, 0.2) is 0 Å². The highest BCUT2D eigenvalue weighted by Crippen LogP contribution is 2.46. The summed E-state index contributed by atoms with van der Waals surface area (Å²) >= 11 is 0. The van der Waals surface area contributed by atoms with Crippen molar-refractivity contribution in [1.82, 2.24) is 15.0 Å². The van der Waals surface area contributed by atoms with Crippen molar-refractivity contribution in [2.75, 3.05) is 24.6 Å². The maximum atomic E-state index is 11.3. The van der Waals surface area contributed by atoms with Gasteiger partial charge in [0.2, 0.25) is 0 Å². The molecule has 5 rings (SSSR count). The molecule has 0 spiro atoms. The Balaban J connectivity index is 1.19. The second kappa shape index (κ2) is 7.15. The summed E-state index contributed by atoms with van der Waals surface area (Å²) in [7, 11) is 0. The molecule has 2 fully saturated rings. The Labute approximate surface area is 168 Å². The molecule has 1 aromatic carbocycles. The number of aromatic amines is 1. The molecule has 150 valence electrons. The predicted molar refractivity (Wildman–Crippen MR) is 110 cm³/mol. The number of imidazole rings is 1. The molecule has 3 heterocycles. The van der Waals surface area contributed by atoms with Crippen LogP contribution in [0.5, 0.6) is 0 Å². The molecular weight excluding hydrogens is 368 g/mol. The molecule has 29 heavy (non-hydrogen) atoms. The number of H-pyrrole nitrogens is 1. The highest BCUT2D eigenvalue weighted by Gasteiger charge is 2.51. The Morgan fingerprint density at radius 1 is 1.21 bits per heavy atom. The van der Waals surface area contributed by atoms with Gasteiger partial charge in [-0.3, -0.25) is 4.79 Å². The van der Waals surface area contributed by atoms with Crippen LogP contribution >= 0.6 is 0 Å². The van der Waals surface area contributed by atoms with Crippen molar-refractivity contribution in [1.29, 1.82) is 0 Å². The Morgan fingerprint density at radius 2 is 2.00 bits per heavy atom. The van der Waals surface area contributed by atoms with Crippen molar-refractivity contribution < 1.29 is 14.6 Å². The van der Waals surface area contributed by atoms with Crippen molar-refractivity contribution >= 4 is 22.8 Å². The molecule has 0 atom stereocenters. The molecule has 1 saturated carbocycles. The zero-order chi connectivity index (χ0) is 19.8. The minimum Gasteiger partial charge on any atom is -0.481 e. The Morgan fingerprint density at radius 3 is 2.66 bits per heavy atom. The van der Waals surface area contributed by atoms with Crippen molar-refractivity contribution in [3.05, 3.63) is 42.6 Å². The first-order valence-corrected chi connectivity index (χ1v) is 10.1. The number of benzene rings is 1. The first kappa shape index (κ1) is 18.1. The van der Waals surface area contributed by atoms with E-state index in [4.69, 9.17) is 4.74 Å². The molecule has 1 aliphatic carbocycles. The number of hydrogen-bond acceptors (Lipinski definition) is 5. The van der Waals surface area contributed by atoms with Crippen LogP contribution in [0.3, 0.4) is 0 Å².